The largest absolute Gasteiger partial charge is 0.405 e. The maximum atomic E-state index is 12.0. The van der Waals surface area contributed by atoms with Crippen LogP contribution in [0.15, 0.2) is 16.8 Å². The second-order valence-electron chi connectivity index (χ2n) is 4.58. The molecule has 1 N–H and O–H groups in total. The Hall–Kier alpha value is -1.08. The molecule has 2 heterocycles. The zero-order valence-electron chi connectivity index (χ0n) is 10.2. The molecule has 7 heteroatoms. The van der Waals surface area contributed by atoms with Crippen LogP contribution in [0.3, 0.4) is 0 Å². The Morgan fingerprint density at radius 2 is 2.32 bits per heavy atom. The molecule has 1 aromatic rings. The molecule has 1 atom stereocenters. The predicted octanol–water partition coefficient (Wildman–Crippen LogP) is 2.56. The standard InChI is InChI=1S/C12H15F3N2OS/c13-12(14,15)8-16-11(18)6-17-4-1-2-10(17)9-3-5-19-7-9/h3,5,7,10H,1-2,4,6,8H2,(H,16,18)/t10-/m1/s1. The molecule has 1 aromatic heterocycles. The summed E-state index contributed by atoms with van der Waals surface area (Å²) in [6.45, 7) is -0.487. The molecule has 0 bridgehead atoms. The van der Waals surface area contributed by atoms with E-state index in [1.54, 1.807) is 11.3 Å². The van der Waals surface area contributed by atoms with E-state index in [1.807, 2.05) is 27.0 Å². The number of carbonyl (C=O) groups is 1. The number of alkyl halides is 3. The highest BCUT2D eigenvalue weighted by atomic mass is 32.1. The summed E-state index contributed by atoms with van der Waals surface area (Å²) in [6, 6.07) is 2.16. The van der Waals surface area contributed by atoms with E-state index in [0.29, 0.717) is 0 Å². The highest BCUT2D eigenvalue weighted by Gasteiger charge is 2.30. The van der Waals surface area contributed by atoms with Crippen molar-refractivity contribution in [3.63, 3.8) is 0 Å². The molecule has 1 aliphatic heterocycles. The molecule has 1 saturated heterocycles. The molecule has 0 radical (unpaired) electrons. The van der Waals surface area contributed by atoms with Gasteiger partial charge in [-0.2, -0.15) is 24.5 Å². The number of halogens is 3. The molecule has 0 saturated carbocycles. The summed E-state index contributed by atoms with van der Waals surface area (Å²) in [7, 11) is 0. The Morgan fingerprint density at radius 1 is 1.53 bits per heavy atom. The topological polar surface area (TPSA) is 32.3 Å². The zero-order valence-corrected chi connectivity index (χ0v) is 11.1. The van der Waals surface area contributed by atoms with Gasteiger partial charge in [0.2, 0.25) is 5.91 Å². The molecule has 0 unspecified atom stereocenters. The van der Waals surface area contributed by atoms with E-state index in [2.05, 4.69) is 0 Å². The molecule has 2 rings (SSSR count). The lowest BCUT2D eigenvalue weighted by Crippen LogP contribution is -2.40. The first-order valence-corrected chi connectivity index (χ1v) is 6.99. The Balaban J connectivity index is 1.86. The van der Waals surface area contributed by atoms with Crippen LogP contribution in [-0.4, -0.2) is 36.6 Å². The molecule has 19 heavy (non-hydrogen) atoms. The fourth-order valence-electron chi connectivity index (χ4n) is 2.30. The Bertz CT molecular complexity index is 419. The van der Waals surface area contributed by atoms with Crippen LogP contribution < -0.4 is 5.32 Å². The van der Waals surface area contributed by atoms with E-state index in [9.17, 15) is 18.0 Å². The second-order valence-corrected chi connectivity index (χ2v) is 5.36. The van der Waals surface area contributed by atoms with Gasteiger partial charge in [0, 0.05) is 6.04 Å². The van der Waals surface area contributed by atoms with E-state index >= 15 is 0 Å². The molecule has 3 nitrogen and oxygen atoms in total. The van der Waals surface area contributed by atoms with Crippen LogP contribution in [0.4, 0.5) is 13.2 Å². The minimum Gasteiger partial charge on any atom is -0.346 e. The summed E-state index contributed by atoms with van der Waals surface area (Å²) in [4.78, 5) is 13.4. The third kappa shape index (κ3) is 4.21. The van der Waals surface area contributed by atoms with E-state index in [0.717, 1.165) is 24.9 Å². The summed E-state index contributed by atoms with van der Waals surface area (Å²) in [5.41, 5.74) is 1.14. The number of hydrogen-bond acceptors (Lipinski definition) is 3. The number of likely N-dealkylation sites (tertiary alicyclic amines) is 1. The number of nitrogens with zero attached hydrogens (tertiary/aromatic N) is 1. The third-order valence-electron chi connectivity index (χ3n) is 3.12. The lowest BCUT2D eigenvalue weighted by Gasteiger charge is -2.23. The van der Waals surface area contributed by atoms with Crippen molar-refractivity contribution in [1.29, 1.82) is 0 Å². The van der Waals surface area contributed by atoms with Gasteiger partial charge in [-0.15, -0.1) is 0 Å². The summed E-state index contributed by atoms with van der Waals surface area (Å²) in [6.07, 6.45) is -2.44. The van der Waals surface area contributed by atoms with Crippen molar-refractivity contribution in [1.82, 2.24) is 10.2 Å². The van der Waals surface area contributed by atoms with Crippen molar-refractivity contribution in [2.24, 2.45) is 0 Å². The number of carbonyl (C=O) groups excluding carboxylic acids is 1. The number of rotatable bonds is 4. The smallest absolute Gasteiger partial charge is 0.346 e. The van der Waals surface area contributed by atoms with Gasteiger partial charge >= 0.3 is 6.18 Å². The van der Waals surface area contributed by atoms with Crippen LogP contribution >= 0.6 is 11.3 Å². The molecule has 0 spiro atoms. The molecule has 1 amide bonds. The fraction of sp³-hybridized carbons (Fsp3) is 0.583. The highest BCUT2D eigenvalue weighted by molar-refractivity contribution is 7.07. The molecular formula is C12H15F3N2OS. The van der Waals surface area contributed by atoms with Crippen molar-refractivity contribution < 1.29 is 18.0 Å². The van der Waals surface area contributed by atoms with Gasteiger partial charge in [-0.1, -0.05) is 0 Å². The lowest BCUT2D eigenvalue weighted by molar-refractivity contribution is -0.139. The summed E-state index contributed by atoms with van der Waals surface area (Å²) in [5, 5.41) is 5.90. The van der Waals surface area contributed by atoms with Gasteiger partial charge in [0.1, 0.15) is 6.54 Å². The number of amides is 1. The van der Waals surface area contributed by atoms with Crippen LogP contribution in [-0.2, 0) is 4.79 Å². The van der Waals surface area contributed by atoms with Gasteiger partial charge in [0.05, 0.1) is 6.54 Å². The first-order chi connectivity index (χ1) is 8.96. The summed E-state index contributed by atoms with van der Waals surface area (Å²) < 4.78 is 36.0. The molecular weight excluding hydrogens is 277 g/mol. The van der Waals surface area contributed by atoms with Gasteiger partial charge in [-0.3, -0.25) is 9.69 Å². The molecule has 1 aliphatic rings. The van der Waals surface area contributed by atoms with E-state index in [1.165, 1.54) is 0 Å². The van der Waals surface area contributed by atoms with Gasteiger partial charge in [0.15, 0.2) is 0 Å². The molecule has 106 valence electrons. The highest BCUT2D eigenvalue weighted by Crippen LogP contribution is 2.32. The van der Waals surface area contributed by atoms with Crippen LogP contribution in [0.25, 0.3) is 0 Å². The monoisotopic (exact) mass is 292 g/mol. The van der Waals surface area contributed by atoms with Gasteiger partial charge in [-0.05, 0) is 41.8 Å². The van der Waals surface area contributed by atoms with Gasteiger partial charge in [-0.25, -0.2) is 0 Å². The number of hydrogen-bond donors (Lipinski definition) is 1. The van der Waals surface area contributed by atoms with E-state index in [-0.39, 0.29) is 12.6 Å². The third-order valence-corrected chi connectivity index (χ3v) is 3.83. The molecule has 0 aromatic carbocycles. The summed E-state index contributed by atoms with van der Waals surface area (Å²) in [5.74, 6) is -0.570. The first kappa shape index (κ1) is 14.3. The molecule has 0 aliphatic carbocycles. The van der Waals surface area contributed by atoms with Crippen molar-refractivity contribution in [2.75, 3.05) is 19.6 Å². The SMILES string of the molecule is O=C(CN1CCC[C@@H]1c1ccsc1)NCC(F)(F)F. The average molecular weight is 292 g/mol. The normalized spacial score (nSPS) is 20.7. The van der Waals surface area contributed by atoms with Crippen molar-refractivity contribution in [2.45, 2.75) is 25.1 Å². The maximum absolute atomic E-state index is 12.0. The first-order valence-electron chi connectivity index (χ1n) is 6.05. The van der Waals surface area contributed by atoms with Crippen molar-refractivity contribution >= 4 is 17.2 Å². The van der Waals surface area contributed by atoms with Crippen LogP contribution in [0.1, 0.15) is 24.4 Å². The summed E-state index contributed by atoms with van der Waals surface area (Å²) >= 11 is 1.59. The van der Waals surface area contributed by atoms with Gasteiger partial charge < -0.3 is 5.32 Å². The zero-order chi connectivity index (χ0) is 13.9. The Morgan fingerprint density at radius 3 is 2.95 bits per heavy atom. The van der Waals surface area contributed by atoms with Crippen LogP contribution in [0.5, 0.6) is 0 Å². The maximum Gasteiger partial charge on any atom is 0.405 e. The Labute approximate surface area is 113 Å². The minimum absolute atomic E-state index is 0.0244. The van der Waals surface area contributed by atoms with Gasteiger partial charge in [0.25, 0.3) is 0 Å². The van der Waals surface area contributed by atoms with Crippen molar-refractivity contribution in [3.05, 3.63) is 22.4 Å². The average Bonchev–Trinajstić information content (AvgIpc) is 2.94. The molecule has 1 fully saturated rings. The predicted molar refractivity (Wildman–Crippen MR) is 66.9 cm³/mol. The second kappa shape index (κ2) is 5.92. The van der Waals surface area contributed by atoms with E-state index < -0.39 is 18.6 Å². The lowest BCUT2D eigenvalue weighted by atomic mass is 10.1. The number of nitrogens with one attached hydrogen (secondary N) is 1. The fourth-order valence-corrected chi connectivity index (χ4v) is 3.00. The van der Waals surface area contributed by atoms with E-state index in [4.69, 9.17) is 0 Å². The van der Waals surface area contributed by atoms with Crippen LogP contribution in [0.2, 0.25) is 0 Å². The van der Waals surface area contributed by atoms with Crippen LogP contribution in [0, 0.1) is 0 Å². The Kier molecular flexibility index (Phi) is 4.46. The minimum atomic E-state index is -4.35. The number of thiophene rings is 1. The quantitative estimate of drug-likeness (QED) is 0.925. The van der Waals surface area contributed by atoms with Crippen molar-refractivity contribution in [3.8, 4) is 0 Å².